The van der Waals surface area contributed by atoms with Crippen LogP contribution in [0.5, 0.6) is 0 Å². The number of hydrogen-bond acceptors (Lipinski definition) is 10. The number of fused-ring (bicyclic) bond motifs is 1. The fourth-order valence-electron chi connectivity index (χ4n) is 2.99. The number of nitrogens with two attached hydrogens (primary N) is 1. The number of rotatable bonds is 6. The minimum absolute atomic E-state index is 0.0255. The number of amides is 3. The summed E-state index contributed by atoms with van der Waals surface area (Å²) in [6, 6.07) is -2.33. The number of carbonyl (C=O) groups excluding carboxylic acids is 2. The van der Waals surface area contributed by atoms with Gasteiger partial charge in [0.15, 0.2) is 23.2 Å². The Bertz CT molecular complexity index is 904. The van der Waals surface area contributed by atoms with Crippen LogP contribution in [0, 0.1) is 0 Å². The molecule has 29 heavy (non-hydrogen) atoms. The molecule has 0 radical (unpaired) electrons. The van der Waals surface area contributed by atoms with Crippen LogP contribution in [-0.4, -0.2) is 88.9 Å². The zero-order chi connectivity index (χ0) is 21.3. The minimum atomic E-state index is -1.35. The molecule has 0 spiro atoms. The highest BCUT2D eigenvalue weighted by atomic mass is 16.6. The van der Waals surface area contributed by atoms with Crippen molar-refractivity contribution >= 4 is 28.9 Å². The molecule has 1 aliphatic rings. The van der Waals surface area contributed by atoms with Gasteiger partial charge >= 0.3 is 6.03 Å². The highest BCUT2D eigenvalue weighted by molar-refractivity contribution is 6.01. The number of ether oxygens (including phenoxy) is 1. The van der Waals surface area contributed by atoms with Crippen LogP contribution in [0.1, 0.15) is 13.2 Å². The third kappa shape index (κ3) is 3.96. The van der Waals surface area contributed by atoms with Gasteiger partial charge in [0.2, 0.25) is 0 Å². The molecule has 0 unspecified atom stereocenters. The van der Waals surface area contributed by atoms with E-state index in [0.29, 0.717) is 0 Å². The predicted molar refractivity (Wildman–Crippen MR) is 95.2 cm³/mol. The van der Waals surface area contributed by atoms with Crippen molar-refractivity contribution in [3.63, 3.8) is 0 Å². The van der Waals surface area contributed by atoms with Gasteiger partial charge in [-0.2, -0.15) is 0 Å². The second-order valence-electron chi connectivity index (χ2n) is 6.49. The molecule has 1 saturated heterocycles. The molecule has 8 N–H and O–H groups in total. The quantitative estimate of drug-likeness (QED) is 0.252. The zero-order valence-corrected chi connectivity index (χ0v) is 15.2. The fourth-order valence-corrected chi connectivity index (χ4v) is 2.99. The molecule has 1 fully saturated rings. The van der Waals surface area contributed by atoms with Crippen LogP contribution in [0.3, 0.4) is 0 Å². The summed E-state index contributed by atoms with van der Waals surface area (Å²) < 4.78 is 6.78. The number of hydrogen-bond donors (Lipinski definition) is 7. The van der Waals surface area contributed by atoms with Gasteiger partial charge in [-0.05, 0) is 6.92 Å². The summed E-state index contributed by atoms with van der Waals surface area (Å²) in [4.78, 5) is 35.6. The van der Waals surface area contributed by atoms with E-state index in [-0.39, 0.29) is 17.0 Å². The number of imidazole rings is 1. The monoisotopic (exact) mass is 411 g/mol. The van der Waals surface area contributed by atoms with Crippen molar-refractivity contribution in [2.45, 2.75) is 43.6 Å². The first-order valence-electron chi connectivity index (χ1n) is 8.59. The first-order chi connectivity index (χ1) is 13.7. The molecule has 158 valence electrons. The first-order valence-corrected chi connectivity index (χ1v) is 8.59. The van der Waals surface area contributed by atoms with Crippen LogP contribution in [0.15, 0.2) is 12.7 Å². The standard InChI is InChI=1S/C15H21N7O7/c1-5(24)7(20-15(16)28)13(27)21-11-8-12(18-3-17-11)22(4-19-8)14-10(26)9(25)6(2-23)29-14/h3-7,9-10,14,23-26H,2H2,1H3,(H3,16,20,28)(H,17,18,21,27)/t5-,6-,7+,9-,10-,14-/m1/s1. The van der Waals surface area contributed by atoms with Gasteiger partial charge in [-0.3, -0.25) is 9.36 Å². The summed E-state index contributed by atoms with van der Waals surface area (Å²) in [6.07, 6.45) is -3.57. The lowest BCUT2D eigenvalue weighted by Gasteiger charge is -2.19. The molecular formula is C15H21N7O7. The van der Waals surface area contributed by atoms with Crippen molar-refractivity contribution in [1.82, 2.24) is 24.8 Å². The Hall–Kier alpha value is -2.91. The summed E-state index contributed by atoms with van der Waals surface area (Å²) in [6.45, 7) is 0.803. The second-order valence-corrected chi connectivity index (χ2v) is 6.49. The Morgan fingerprint density at radius 3 is 2.62 bits per heavy atom. The molecule has 0 aliphatic carbocycles. The van der Waals surface area contributed by atoms with Gasteiger partial charge in [0.05, 0.1) is 19.0 Å². The molecular weight excluding hydrogens is 390 g/mol. The Balaban J connectivity index is 1.89. The van der Waals surface area contributed by atoms with E-state index >= 15 is 0 Å². The minimum Gasteiger partial charge on any atom is -0.394 e. The molecule has 6 atom stereocenters. The number of carbonyl (C=O) groups is 2. The smallest absolute Gasteiger partial charge is 0.312 e. The van der Waals surface area contributed by atoms with Gasteiger partial charge in [-0.1, -0.05) is 0 Å². The first kappa shape index (κ1) is 20.8. The van der Waals surface area contributed by atoms with E-state index in [4.69, 9.17) is 10.5 Å². The van der Waals surface area contributed by atoms with Gasteiger partial charge in [-0.25, -0.2) is 19.7 Å². The Labute approximate surface area is 163 Å². The molecule has 2 aromatic heterocycles. The van der Waals surface area contributed by atoms with Crippen LogP contribution in [-0.2, 0) is 9.53 Å². The Morgan fingerprint density at radius 2 is 2.03 bits per heavy atom. The maximum absolute atomic E-state index is 12.4. The van der Waals surface area contributed by atoms with E-state index in [9.17, 15) is 30.0 Å². The molecule has 3 amide bonds. The highest BCUT2D eigenvalue weighted by Gasteiger charge is 2.44. The van der Waals surface area contributed by atoms with Crippen LogP contribution in [0.4, 0.5) is 10.6 Å². The fraction of sp³-hybridized carbons (Fsp3) is 0.533. The van der Waals surface area contributed by atoms with Crippen LogP contribution < -0.4 is 16.4 Å². The molecule has 2 aromatic rings. The summed E-state index contributed by atoms with van der Waals surface area (Å²) in [7, 11) is 0. The van der Waals surface area contributed by atoms with Crippen LogP contribution in [0.2, 0.25) is 0 Å². The lowest BCUT2D eigenvalue weighted by molar-refractivity contribution is -0.120. The number of aliphatic hydroxyl groups is 4. The zero-order valence-electron chi connectivity index (χ0n) is 15.2. The van der Waals surface area contributed by atoms with Gasteiger partial charge in [0.25, 0.3) is 5.91 Å². The number of nitrogens with zero attached hydrogens (tertiary/aromatic N) is 4. The number of aliphatic hydroxyl groups excluding tert-OH is 4. The summed E-state index contributed by atoms with van der Waals surface area (Å²) in [5.41, 5.74) is 5.31. The third-order valence-electron chi connectivity index (χ3n) is 4.45. The molecule has 0 bridgehead atoms. The normalized spacial score (nSPS) is 26.2. The van der Waals surface area contributed by atoms with Gasteiger partial charge in [0, 0.05) is 0 Å². The van der Waals surface area contributed by atoms with Gasteiger partial charge in [-0.15, -0.1) is 0 Å². The lowest BCUT2D eigenvalue weighted by atomic mass is 10.1. The van der Waals surface area contributed by atoms with Crippen molar-refractivity contribution in [2.75, 3.05) is 11.9 Å². The SMILES string of the molecule is C[C@@H](O)[C@H](NC(N)=O)C(=O)Nc1ncnc2c1ncn2[C@@H]1O[C@H](CO)[C@@H](O)[C@H]1O. The molecule has 0 aromatic carbocycles. The Morgan fingerprint density at radius 1 is 1.31 bits per heavy atom. The van der Waals surface area contributed by atoms with Crippen molar-refractivity contribution in [2.24, 2.45) is 5.73 Å². The number of anilines is 1. The van der Waals surface area contributed by atoms with Crippen LogP contribution >= 0.6 is 0 Å². The summed E-state index contributed by atoms with van der Waals surface area (Å²) in [5, 5.41) is 43.6. The number of urea groups is 1. The largest absolute Gasteiger partial charge is 0.394 e. The van der Waals surface area contributed by atoms with E-state index < -0.39 is 55.2 Å². The molecule has 1 aliphatic heterocycles. The number of nitrogens with one attached hydrogen (secondary N) is 2. The maximum Gasteiger partial charge on any atom is 0.312 e. The lowest BCUT2D eigenvalue weighted by Crippen LogP contribution is -2.51. The predicted octanol–water partition coefficient (Wildman–Crippen LogP) is -3.21. The van der Waals surface area contributed by atoms with Crippen molar-refractivity contribution in [3.8, 4) is 0 Å². The Kier molecular flexibility index (Phi) is 5.90. The highest BCUT2D eigenvalue weighted by Crippen LogP contribution is 2.32. The van der Waals surface area contributed by atoms with Gasteiger partial charge in [0.1, 0.15) is 30.7 Å². The average molecular weight is 411 g/mol. The molecule has 3 rings (SSSR count). The molecule has 3 heterocycles. The number of aromatic nitrogens is 4. The van der Waals surface area contributed by atoms with E-state index in [2.05, 4.69) is 25.6 Å². The summed E-state index contributed by atoms with van der Waals surface area (Å²) >= 11 is 0. The molecule has 14 nitrogen and oxygen atoms in total. The number of primary amides is 1. The average Bonchev–Trinajstić information content (AvgIpc) is 3.21. The van der Waals surface area contributed by atoms with E-state index in [0.717, 1.165) is 6.33 Å². The molecule has 0 saturated carbocycles. The summed E-state index contributed by atoms with van der Waals surface area (Å²) in [5.74, 6) is -0.816. The maximum atomic E-state index is 12.4. The van der Waals surface area contributed by atoms with Crippen molar-refractivity contribution < 1.29 is 34.8 Å². The van der Waals surface area contributed by atoms with Crippen LogP contribution in [0.25, 0.3) is 11.2 Å². The van der Waals surface area contributed by atoms with Crippen molar-refractivity contribution in [3.05, 3.63) is 12.7 Å². The topological polar surface area (TPSA) is 218 Å². The van der Waals surface area contributed by atoms with E-state index in [1.54, 1.807) is 0 Å². The second kappa shape index (κ2) is 8.22. The third-order valence-corrected chi connectivity index (χ3v) is 4.45. The van der Waals surface area contributed by atoms with Crippen molar-refractivity contribution in [1.29, 1.82) is 0 Å². The van der Waals surface area contributed by atoms with E-state index in [1.165, 1.54) is 17.8 Å². The van der Waals surface area contributed by atoms with Gasteiger partial charge < -0.3 is 41.5 Å². The van der Waals surface area contributed by atoms with E-state index in [1.807, 2.05) is 0 Å². The molecule has 14 heteroatoms.